The smallest absolute Gasteiger partial charge is 0.238 e. The first kappa shape index (κ1) is 13.6. The largest absolute Gasteiger partial charge is 0.444 e. The average molecular weight is 281 g/mol. The second-order valence-electron chi connectivity index (χ2n) is 4.24. The van der Waals surface area contributed by atoms with E-state index in [0.717, 1.165) is 11.4 Å². The summed E-state index contributed by atoms with van der Waals surface area (Å²) in [5.74, 6) is 1.32. The van der Waals surface area contributed by atoms with Gasteiger partial charge in [-0.15, -0.1) is 0 Å². The zero-order valence-electron chi connectivity index (χ0n) is 10.6. The van der Waals surface area contributed by atoms with Crippen molar-refractivity contribution in [1.82, 2.24) is 4.98 Å². The highest BCUT2D eigenvalue weighted by Gasteiger charge is 2.12. The molecule has 1 unspecified atom stereocenters. The molecule has 0 aliphatic rings. The van der Waals surface area contributed by atoms with E-state index in [0.29, 0.717) is 5.89 Å². The van der Waals surface area contributed by atoms with Crippen LogP contribution < -0.4 is 10.5 Å². The summed E-state index contributed by atoms with van der Waals surface area (Å²) >= 11 is 0. The normalized spacial score (nSPS) is 13.2. The average Bonchev–Trinajstić information content (AvgIpc) is 2.75. The number of sulfonamides is 1. The van der Waals surface area contributed by atoms with Crippen LogP contribution in [0, 0.1) is 6.92 Å². The summed E-state index contributed by atoms with van der Waals surface area (Å²) < 4.78 is 27.7. The Labute approximate surface area is 111 Å². The van der Waals surface area contributed by atoms with Gasteiger partial charge in [-0.3, -0.25) is 0 Å². The second-order valence-corrected chi connectivity index (χ2v) is 5.81. The molecule has 0 bridgehead atoms. The monoisotopic (exact) mass is 281 g/mol. The first-order valence-corrected chi connectivity index (χ1v) is 7.22. The van der Waals surface area contributed by atoms with Crippen LogP contribution in [0.5, 0.6) is 0 Å². The van der Waals surface area contributed by atoms with Crippen LogP contribution in [0.3, 0.4) is 0 Å². The van der Waals surface area contributed by atoms with Crippen LogP contribution in [0.15, 0.2) is 39.8 Å². The van der Waals surface area contributed by atoms with Gasteiger partial charge in [-0.25, -0.2) is 18.5 Å². The maximum atomic E-state index is 11.1. The minimum atomic E-state index is -3.66. The summed E-state index contributed by atoms with van der Waals surface area (Å²) in [5.41, 5.74) is 0.760. The van der Waals surface area contributed by atoms with Gasteiger partial charge in [-0.2, -0.15) is 0 Å². The minimum Gasteiger partial charge on any atom is -0.444 e. The van der Waals surface area contributed by atoms with Gasteiger partial charge >= 0.3 is 0 Å². The molecule has 19 heavy (non-hydrogen) atoms. The maximum absolute atomic E-state index is 11.1. The highest BCUT2D eigenvalue weighted by atomic mass is 32.2. The lowest BCUT2D eigenvalue weighted by Gasteiger charge is -2.12. The highest BCUT2D eigenvalue weighted by molar-refractivity contribution is 7.89. The van der Waals surface area contributed by atoms with Gasteiger partial charge < -0.3 is 9.73 Å². The Balaban J connectivity index is 2.12. The lowest BCUT2D eigenvalue weighted by atomic mass is 10.2. The molecule has 0 radical (unpaired) electrons. The SMILES string of the molecule is Cc1cnc(C(C)Nc2ccc(S(N)(=O)=O)cc2)o1. The Bertz CT molecular complexity index is 662. The maximum Gasteiger partial charge on any atom is 0.238 e. The van der Waals surface area contributed by atoms with Crippen LogP contribution in [0.2, 0.25) is 0 Å². The number of nitrogens with one attached hydrogen (secondary N) is 1. The van der Waals surface area contributed by atoms with Crippen LogP contribution in [0.1, 0.15) is 24.6 Å². The lowest BCUT2D eigenvalue weighted by molar-refractivity contribution is 0.453. The number of benzene rings is 1. The van der Waals surface area contributed by atoms with Crippen LogP contribution >= 0.6 is 0 Å². The van der Waals surface area contributed by atoms with Gasteiger partial charge in [0.15, 0.2) is 0 Å². The van der Waals surface area contributed by atoms with Gasteiger partial charge in [0.25, 0.3) is 0 Å². The molecule has 102 valence electrons. The first-order valence-electron chi connectivity index (χ1n) is 5.68. The van der Waals surface area contributed by atoms with E-state index in [1.807, 2.05) is 13.8 Å². The van der Waals surface area contributed by atoms with Gasteiger partial charge in [0.1, 0.15) is 11.8 Å². The number of oxazole rings is 1. The molecule has 0 aliphatic carbocycles. The summed E-state index contributed by atoms with van der Waals surface area (Å²) in [6.07, 6.45) is 1.65. The number of anilines is 1. The minimum absolute atomic E-state index is 0.0812. The predicted octanol–water partition coefficient (Wildman–Crippen LogP) is 1.80. The number of rotatable bonds is 4. The fourth-order valence-corrected chi connectivity index (χ4v) is 2.14. The molecule has 1 atom stereocenters. The third-order valence-corrected chi connectivity index (χ3v) is 3.50. The second kappa shape index (κ2) is 5.02. The van der Waals surface area contributed by atoms with E-state index in [1.54, 1.807) is 18.3 Å². The number of hydrogen-bond donors (Lipinski definition) is 2. The zero-order valence-corrected chi connectivity index (χ0v) is 11.4. The third-order valence-electron chi connectivity index (χ3n) is 2.58. The first-order chi connectivity index (χ1) is 8.86. The number of nitrogens with two attached hydrogens (primary N) is 1. The summed E-state index contributed by atoms with van der Waals surface area (Å²) in [6.45, 7) is 3.73. The fourth-order valence-electron chi connectivity index (χ4n) is 1.62. The summed E-state index contributed by atoms with van der Waals surface area (Å²) in [4.78, 5) is 4.20. The Morgan fingerprint density at radius 3 is 2.42 bits per heavy atom. The van der Waals surface area contributed by atoms with Crippen LogP contribution in [0.25, 0.3) is 0 Å². The number of aryl methyl sites for hydroxylation is 1. The molecule has 1 aromatic carbocycles. The topological polar surface area (TPSA) is 98.2 Å². The van der Waals surface area contributed by atoms with Gasteiger partial charge in [0.05, 0.1) is 11.1 Å². The molecule has 2 rings (SSSR count). The van der Waals surface area contributed by atoms with E-state index in [1.165, 1.54) is 12.1 Å². The molecule has 3 N–H and O–H groups in total. The quantitative estimate of drug-likeness (QED) is 0.890. The van der Waals surface area contributed by atoms with Crippen LogP contribution in [0.4, 0.5) is 5.69 Å². The molecule has 0 saturated carbocycles. The third kappa shape index (κ3) is 3.33. The Morgan fingerprint density at radius 2 is 1.95 bits per heavy atom. The molecule has 6 nitrogen and oxygen atoms in total. The van der Waals surface area contributed by atoms with Crippen molar-refractivity contribution in [1.29, 1.82) is 0 Å². The Kier molecular flexibility index (Phi) is 3.59. The molecule has 1 heterocycles. The molecule has 0 amide bonds. The molecule has 0 spiro atoms. The predicted molar refractivity (Wildman–Crippen MR) is 71.1 cm³/mol. The Morgan fingerprint density at radius 1 is 1.32 bits per heavy atom. The van der Waals surface area contributed by atoms with Crippen molar-refractivity contribution in [3.63, 3.8) is 0 Å². The molecule has 0 aliphatic heterocycles. The van der Waals surface area contributed by atoms with Gasteiger partial charge in [0, 0.05) is 5.69 Å². The van der Waals surface area contributed by atoms with E-state index in [2.05, 4.69) is 10.3 Å². The molecule has 0 saturated heterocycles. The van der Waals surface area contributed by atoms with Gasteiger partial charge in [0.2, 0.25) is 15.9 Å². The van der Waals surface area contributed by atoms with Crippen molar-refractivity contribution in [2.75, 3.05) is 5.32 Å². The number of nitrogens with zero attached hydrogens (tertiary/aromatic N) is 1. The molecular weight excluding hydrogens is 266 g/mol. The molecule has 1 aromatic heterocycles. The van der Waals surface area contributed by atoms with Crippen molar-refractivity contribution in [3.05, 3.63) is 42.1 Å². The van der Waals surface area contributed by atoms with Crippen molar-refractivity contribution < 1.29 is 12.8 Å². The van der Waals surface area contributed by atoms with Gasteiger partial charge in [-0.05, 0) is 38.1 Å². The van der Waals surface area contributed by atoms with E-state index in [4.69, 9.17) is 9.56 Å². The number of primary sulfonamides is 1. The highest BCUT2D eigenvalue weighted by Crippen LogP contribution is 2.20. The van der Waals surface area contributed by atoms with Gasteiger partial charge in [-0.1, -0.05) is 0 Å². The number of hydrogen-bond acceptors (Lipinski definition) is 5. The van der Waals surface area contributed by atoms with Crippen LogP contribution in [-0.4, -0.2) is 13.4 Å². The molecule has 0 fully saturated rings. The molecule has 2 aromatic rings. The number of aromatic nitrogens is 1. The zero-order chi connectivity index (χ0) is 14.0. The fraction of sp³-hybridized carbons (Fsp3) is 0.250. The summed E-state index contributed by atoms with van der Waals surface area (Å²) in [5, 5.41) is 8.19. The summed E-state index contributed by atoms with van der Waals surface area (Å²) in [6, 6.07) is 6.07. The van der Waals surface area contributed by atoms with Crippen molar-refractivity contribution >= 4 is 15.7 Å². The standard InChI is InChI=1S/C12H15N3O3S/c1-8-7-14-12(18-8)9(2)15-10-3-5-11(6-4-10)19(13,16)17/h3-7,9,15H,1-2H3,(H2,13,16,17). The van der Waals surface area contributed by atoms with Crippen molar-refractivity contribution in [3.8, 4) is 0 Å². The van der Waals surface area contributed by atoms with E-state index in [9.17, 15) is 8.42 Å². The Hall–Kier alpha value is -1.86. The molecule has 7 heteroatoms. The van der Waals surface area contributed by atoms with Crippen molar-refractivity contribution in [2.24, 2.45) is 5.14 Å². The lowest BCUT2D eigenvalue weighted by Crippen LogP contribution is -2.12. The van der Waals surface area contributed by atoms with Crippen molar-refractivity contribution in [2.45, 2.75) is 24.8 Å². The molecular formula is C12H15N3O3S. The van der Waals surface area contributed by atoms with E-state index < -0.39 is 10.0 Å². The van der Waals surface area contributed by atoms with Crippen LogP contribution in [-0.2, 0) is 10.0 Å². The van der Waals surface area contributed by atoms with E-state index in [-0.39, 0.29) is 10.9 Å². The summed E-state index contributed by atoms with van der Waals surface area (Å²) in [7, 11) is -3.66. The van der Waals surface area contributed by atoms with E-state index >= 15 is 0 Å².